The fraction of sp³-hybridized carbons (Fsp3) is 0.400. The zero-order valence-electron chi connectivity index (χ0n) is 11.8. The smallest absolute Gasteiger partial charge is 0.346 e. The first-order valence-electron chi connectivity index (χ1n) is 6.74. The second-order valence-corrected chi connectivity index (χ2v) is 5.81. The molecule has 0 aliphatic rings. The lowest BCUT2D eigenvalue weighted by Crippen LogP contribution is -2.33. The van der Waals surface area contributed by atoms with Crippen LogP contribution in [-0.2, 0) is 11.3 Å². The number of benzene rings is 1. The summed E-state index contributed by atoms with van der Waals surface area (Å²) in [6, 6.07) is 7.68. The average molecular weight is 309 g/mol. The third kappa shape index (κ3) is 3.79. The highest BCUT2D eigenvalue weighted by Gasteiger charge is 2.18. The van der Waals surface area contributed by atoms with Gasteiger partial charge in [-0.1, -0.05) is 18.2 Å². The number of nitrogens with one attached hydrogen (secondary N) is 1. The van der Waals surface area contributed by atoms with Gasteiger partial charge in [0.2, 0.25) is 0 Å². The number of aliphatic hydroxyl groups is 1. The predicted octanol–water partition coefficient (Wildman–Crippen LogP) is 2.09. The molecule has 0 saturated heterocycles. The zero-order chi connectivity index (χ0) is 15.2. The van der Waals surface area contributed by atoms with E-state index in [1.54, 1.807) is 7.11 Å². The van der Waals surface area contributed by atoms with E-state index in [9.17, 15) is 9.90 Å². The molecule has 0 spiro atoms. The molecular formula is C15H19NO4S. The van der Waals surface area contributed by atoms with E-state index in [2.05, 4.69) is 5.32 Å². The largest absolute Gasteiger partial charge is 0.477 e. The van der Waals surface area contributed by atoms with Crippen molar-refractivity contribution >= 4 is 27.4 Å². The molecule has 0 fully saturated rings. The Bertz CT molecular complexity index is 605. The van der Waals surface area contributed by atoms with E-state index in [1.165, 1.54) is 11.3 Å². The highest BCUT2D eigenvalue weighted by molar-refractivity contribution is 7.21. The van der Waals surface area contributed by atoms with Gasteiger partial charge in [-0.3, -0.25) is 0 Å². The van der Waals surface area contributed by atoms with Crippen LogP contribution in [0, 0.1) is 0 Å². The van der Waals surface area contributed by atoms with Gasteiger partial charge in [0.05, 0.1) is 6.61 Å². The third-order valence-electron chi connectivity index (χ3n) is 3.31. The first-order valence-corrected chi connectivity index (χ1v) is 7.56. The number of hydrogen-bond donors (Lipinski definition) is 3. The molecule has 2 aromatic rings. The molecule has 6 heteroatoms. The van der Waals surface area contributed by atoms with Crippen molar-refractivity contribution in [3.05, 3.63) is 34.7 Å². The van der Waals surface area contributed by atoms with Crippen molar-refractivity contribution in [3.8, 4) is 0 Å². The minimum atomic E-state index is -0.904. The van der Waals surface area contributed by atoms with E-state index in [-0.39, 0.29) is 12.6 Å². The number of aromatic carboxylic acids is 1. The summed E-state index contributed by atoms with van der Waals surface area (Å²) in [6.07, 6.45) is 0.568. The average Bonchev–Trinajstić information content (AvgIpc) is 2.84. The lowest BCUT2D eigenvalue weighted by atomic mass is 10.1. The van der Waals surface area contributed by atoms with Gasteiger partial charge >= 0.3 is 5.97 Å². The SMILES string of the molecule is COCC(CCO)NCc1c(C(=O)O)sc2ccccc12. The van der Waals surface area contributed by atoms with Gasteiger partial charge in [0, 0.05) is 31.0 Å². The molecule has 114 valence electrons. The molecule has 1 heterocycles. The van der Waals surface area contributed by atoms with Gasteiger partial charge < -0.3 is 20.3 Å². The molecule has 0 radical (unpaired) electrons. The van der Waals surface area contributed by atoms with Crippen LogP contribution >= 0.6 is 11.3 Å². The van der Waals surface area contributed by atoms with Gasteiger partial charge in [0.15, 0.2) is 0 Å². The maximum Gasteiger partial charge on any atom is 0.346 e. The molecule has 1 atom stereocenters. The quantitative estimate of drug-likeness (QED) is 0.696. The normalized spacial score (nSPS) is 12.7. The highest BCUT2D eigenvalue weighted by atomic mass is 32.1. The summed E-state index contributed by atoms with van der Waals surface area (Å²) < 4.78 is 6.07. The molecule has 0 aliphatic carbocycles. The molecule has 21 heavy (non-hydrogen) atoms. The van der Waals surface area contributed by atoms with Crippen LogP contribution in [0.1, 0.15) is 21.7 Å². The van der Waals surface area contributed by atoms with Crippen LogP contribution in [0.3, 0.4) is 0 Å². The van der Waals surface area contributed by atoms with Gasteiger partial charge in [0.1, 0.15) is 4.88 Å². The Labute approximate surface area is 127 Å². The van der Waals surface area contributed by atoms with Crippen LogP contribution in [0.5, 0.6) is 0 Å². The first kappa shape index (κ1) is 15.9. The minimum Gasteiger partial charge on any atom is -0.477 e. The number of carboxylic acids is 1. The minimum absolute atomic E-state index is 0.000284. The second kappa shape index (κ2) is 7.51. The van der Waals surface area contributed by atoms with Gasteiger partial charge in [-0.15, -0.1) is 11.3 Å². The topological polar surface area (TPSA) is 78.8 Å². The van der Waals surface area contributed by atoms with Crippen molar-refractivity contribution in [2.45, 2.75) is 19.0 Å². The molecule has 0 bridgehead atoms. The molecule has 1 unspecified atom stereocenters. The molecule has 0 aliphatic heterocycles. The Balaban J connectivity index is 2.23. The summed E-state index contributed by atoms with van der Waals surface area (Å²) in [6.45, 7) is 0.988. The summed E-state index contributed by atoms with van der Waals surface area (Å²) in [5, 5.41) is 22.6. The number of aliphatic hydroxyl groups excluding tert-OH is 1. The summed E-state index contributed by atoms with van der Waals surface area (Å²) in [4.78, 5) is 11.8. The van der Waals surface area contributed by atoms with Gasteiger partial charge in [0.25, 0.3) is 0 Å². The van der Waals surface area contributed by atoms with Crippen LogP contribution in [0.4, 0.5) is 0 Å². The Hall–Kier alpha value is -1.47. The highest BCUT2D eigenvalue weighted by Crippen LogP contribution is 2.31. The number of ether oxygens (including phenoxy) is 1. The fourth-order valence-corrected chi connectivity index (χ4v) is 3.36. The van der Waals surface area contributed by atoms with Gasteiger partial charge in [-0.25, -0.2) is 4.79 Å². The maximum atomic E-state index is 11.4. The van der Waals surface area contributed by atoms with Crippen LogP contribution in [0.15, 0.2) is 24.3 Å². The number of thiophene rings is 1. The molecule has 5 nitrogen and oxygen atoms in total. The van der Waals surface area contributed by atoms with Crippen LogP contribution < -0.4 is 5.32 Å². The second-order valence-electron chi connectivity index (χ2n) is 4.76. The Morgan fingerprint density at radius 2 is 2.19 bits per heavy atom. The van der Waals surface area contributed by atoms with E-state index in [0.717, 1.165) is 15.6 Å². The predicted molar refractivity (Wildman–Crippen MR) is 83.0 cm³/mol. The van der Waals surface area contributed by atoms with Crippen molar-refractivity contribution in [2.24, 2.45) is 0 Å². The summed E-state index contributed by atoms with van der Waals surface area (Å²) in [5.41, 5.74) is 0.794. The number of rotatable bonds is 8. The van der Waals surface area contributed by atoms with Crippen molar-refractivity contribution in [1.82, 2.24) is 5.32 Å². The molecule has 0 saturated carbocycles. The van der Waals surface area contributed by atoms with E-state index >= 15 is 0 Å². The Morgan fingerprint density at radius 3 is 2.86 bits per heavy atom. The van der Waals surface area contributed by atoms with Crippen molar-refractivity contribution in [2.75, 3.05) is 20.3 Å². The monoisotopic (exact) mass is 309 g/mol. The molecule has 1 aromatic carbocycles. The lowest BCUT2D eigenvalue weighted by Gasteiger charge is -2.17. The number of carboxylic acid groups (broad SMARTS) is 1. The summed E-state index contributed by atoms with van der Waals surface area (Å²) in [5.74, 6) is -0.904. The van der Waals surface area contributed by atoms with E-state index in [4.69, 9.17) is 9.84 Å². The molecule has 1 aromatic heterocycles. The van der Waals surface area contributed by atoms with Gasteiger partial charge in [-0.2, -0.15) is 0 Å². The fourth-order valence-electron chi connectivity index (χ4n) is 2.29. The van der Waals surface area contributed by atoms with Crippen LogP contribution in [-0.4, -0.2) is 42.5 Å². The molecule has 2 rings (SSSR count). The van der Waals surface area contributed by atoms with Crippen LogP contribution in [0.2, 0.25) is 0 Å². The standard InChI is InChI=1S/C15H19NO4S/c1-20-9-10(6-7-17)16-8-12-11-4-2-3-5-13(11)21-14(12)15(18)19/h2-5,10,16-17H,6-9H2,1H3,(H,18,19). The third-order valence-corrected chi connectivity index (χ3v) is 4.51. The summed E-state index contributed by atoms with van der Waals surface area (Å²) >= 11 is 1.29. The number of hydrogen-bond acceptors (Lipinski definition) is 5. The Kier molecular flexibility index (Phi) is 5.69. The summed E-state index contributed by atoms with van der Waals surface area (Å²) in [7, 11) is 1.61. The molecular weight excluding hydrogens is 290 g/mol. The van der Waals surface area contributed by atoms with Crippen molar-refractivity contribution < 1.29 is 19.7 Å². The van der Waals surface area contributed by atoms with E-state index in [1.807, 2.05) is 24.3 Å². The Morgan fingerprint density at radius 1 is 1.43 bits per heavy atom. The first-order chi connectivity index (χ1) is 10.2. The molecule has 3 N–H and O–H groups in total. The van der Waals surface area contributed by atoms with Crippen molar-refractivity contribution in [3.63, 3.8) is 0 Å². The van der Waals surface area contributed by atoms with E-state index in [0.29, 0.717) is 24.4 Å². The maximum absolute atomic E-state index is 11.4. The zero-order valence-corrected chi connectivity index (χ0v) is 12.7. The number of fused-ring (bicyclic) bond motifs is 1. The van der Waals surface area contributed by atoms with Gasteiger partial charge in [-0.05, 0) is 23.4 Å². The molecule has 0 amide bonds. The van der Waals surface area contributed by atoms with E-state index < -0.39 is 5.97 Å². The van der Waals surface area contributed by atoms with Crippen molar-refractivity contribution in [1.29, 1.82) is 0 Å². The number of carbonyl (C=O) groups is 1. The number of methoxy groups -OCH3 is 1. The lowest BCUT2D eigenvalue weighted by molar-refractivity contribution is 0.0701. The van der Waals surface area contributed by atoms with Crippen LogP contribution in [0.25, 0.3) is 10.1 Å².